The summed E-state index contributed by atoms with van der Waals surface area (Å²) in [6.45, 7) is 9.07. The molecule has 1 aromatic carbocycles. The van der Waals surface area contributed by atoms with Gasteiger partial charge in [-0.3, -0.25) is 0 Å². The van der Waals surface area contributed by atoms with E-state index < -0.39 is 0 Å². The van der Waals surface area contributed by atoms with Crippen LogP contribution >= 0.6 is 0 Å². The largest absolute Gasteiger partial charge is 0.467 e. The molecular weight excluding hydrogens is 372 g/mol. The van der Waals surface area contributed by atoms with Gasteiger partial charge in [0.25, 0.3) is 0 Å². The summed E-state index contributed by atoms with van der Waals surface area (Å²) in [5.74, 6) is 3.43. The first-order valence-corrected chi connectivity index (χ1v) is 12.1. The van der Waals surface area contributed by atoms with Crippen molar-refractivity contribution in [3.63, 3.8) is 0 Å². The molecule has 0 bridgehead atoms. The van der Waals surface area contributed by atoms with Gasteiger partial charge in [-0.1, -0.05) is 57.3 Å². The number of hydrogen-bond donors (Lipinski definition) is 0. The minimum Gasteiger partial charge on any atom is -0.467 e. The third-order valence-electron chi connectivity index (χ3n) is 7.04. The fraction of sp³-hybridized carbons (Fsp3) is 0.630. The number of hydrogen-bond acceptors (Lipinski definition) is 3. The summed E-state index contributed by atoms with van der Waals surface area (Å²) >= 11 is 0. The van der Waals surface area contributed by atoms with Gasteiger partial charge < -0.3 is 14.2 Å². The predicted octanol–water partition coefficient (Wildman–Crippen LogP) is 7.45. The molecule has 0 saturated heterocycles. The van der Waals surface area contributed by atoms with E-state index in [0.717, 1.165) is 49.4 Å². The fourth-order valence-corrected chi connectivity index (χ4v) is 5.27. The molecule has 0 spiro atoms. The van der Waals surface area contributed by atoms with Crippen LogP contribution in [-0.4, -0.2) is 12.9 Å². The normalized spacial score (nSPS) is 23.9. The summed E-state index contributed by atoms with van der Waals surface area (Å²) in [6.07, 6.45) is 15.9. The van der Waals surface area contributed by atoms with E-state index in [9.17, 15) is 0 Å². The van der Waals surface area contributed by atoms with Crippen molar-refractivity contribution < 1.29 is 14.2 Å². The van der Waals surface area contributed by atoms with Gasteiger partial charge in [-0.25, -0.2) is 0 Å². The van der Waals surface area contributed by atoms with Gasteiger partial charge in [-0.05, 0) is 63.1 Å². The average Bonchev–Trinajstić information content (AvgIpc) is 2.74. The van der Waals surface area contributed by atoms with Gasteiger partial charge in [0.2, 0.25) is 0 Å². The summed E-state index contributed by atoms with van der Waals surface area (Å²) in [5, 5.41) is 0. The number of fused-ring (bicyclic) bond motifs is 3. The first kappa shape index (κ1) is 21.5. The monoisotopic (exact) mass is 410 g/mol. The van der Waals surface area contributed by atoms with Crippen molar-refractivity contribution in [2.75, 3.05) is 6.79 Å². The van der Waals surface area contributed by atoms with Crippen molar-refractivity contribution in [2.24, 2.45) is 5.92 Å². The molecule has 2 aliphatic carbocycles. The maximum absolute atomic E-state index is 6.31. The lowest BCUT2D eigenvalue weighted by atomic mass is 9.74. The molecule has 0 unspecified atom stereocenters. The summed E-state index contributed by atoms with van der Waals surface area (Å²) in [4.78, 5) is 0. The van der Waals surface area contributed by atoms with E-state index >= 15 is 0 Å². The van der Waals surface area contributed by atoms with Crippen LogP contribution in [0.2, 0.25) is 0 Å². The van der Waals surface area contributed by atoms with Crippen LogP contribution < -0.4 is 9.47 Å². The van der Waals surface area contributed by atoms with E-state index in [1.165, 1.54) is 55.2 Å². The highest BCUT2D eigenvalue weighted by Gasteiger charge is 2.37. The molecule has 1 fully saturated rings. The van der Waals surface area contributed by atoms with Crippen molar-refractivity contribution in [1.82, 2.24) is 0 Å². The second-order valence-corrected chi connectivity index (χ2v) is 9.40. The van der Waals surface area contributed by atoms with Gasteiger partial charge in [0.15, 0.2) is 6.79 Å². The second kappa shape index (κ2) is 10.0. The molecule has 2 atom stereocenters. The molecule has 1 aromatic rings. The molecule has 0 amide bonds. The summed E-state index contributed by atoms with van der Waals surface area (Å²) < 4.78 is 18.7. The summed E-state index contributed by atoms with van der Waals surface area (Å²) in [6, 6.07) is 4.46. The average molecular weight is 411 g/mol. The highest BCUT2D eigenvalue weighted by atomic mass is 16.7. The molecule has 0 aromatic heterocycles. The number of unbranched alkanes of at least 4 members (excludes halogenated alkanes) is 2. The van der Waals surface area contributed by atoms with E-state index in [2.05, 4.69) is 38.6 Å². The molecule has 1 saturated carbocycles. The van der Waals surface area contributed by atoms with Crippen molar-refractivity contribution in [2.45, 2.75) is 96.5 Å². The molecule has 30 heavy (non-hydrogen) atoms. The smallest absolute Gasteiger partial charge is 0.189 e. The standard InChI is InChI=1S/C27H38O3/c1-4-5-7-10-21-16-25(29-18-28-22-11-8-6-9-12-22)27-24-15-19(2)13-14-23(24)20(3)30-26(27)17-21/h15-17,22-24H,3-14,18H2,1-2H3/t23-,24+/m0/s1. The second-order valence-electron chi connectivity index (χ2n) is 9.40. The summed E-state index contributed by atoms with van der Waals surface area (Å²) in [5.41, 5.74) is 3.93. The number of aryl methyl sites for hydroxylation is 1. The van der Waals surface area contributed by atoms with Crippen molar-refractivity contribution >= 4 is 0 Å². The first-order chi connectivity index (χ1) is 14.7. The van der Waals surface area contributed by atoms with Crippen LogP contribution in [0.1, 0.15) is 95.1 Å². The van der Waals surface area contributed by atoms with Crippen molar-refractivity contribution in [3.8, 4) is 11.5 Å². The molecule has 3 nitrogen and oxygen atoms in total. The Kier molecular flexibility index (Phi) is 7.20. The predicted molar refractivity (Wildman–Crippen MR) is 122 cm³/mol. The number of allylic oxidation sites excluding steroid dienone is 3. The van der Waals surface area contributed by atoms with E-state index in [1.54, 1.807) is 0 Å². The van der Waals surface area contributed by atoms with Crippen LogP contribution in [0, 0.1) is 5.92 Å². The first-order valence-electron chi connectivity index (χ1n) is 12.1. The molecule has 3 heteroatoms. The van der Waals surface area contributed by atoms with Gasteiger partial charge in [-0.15, -0.1) is 0 Å². The Hall–Kier alpha value is -1.74. The van der Waals surface area contributed by atoms with E-state index in [4.69, 9.17) is 14.2 Å². The van der Waals surface area contributed by atoms with Gasteiger partial charge in [0, 0.05) is 17.4 Å². The fourth-order valence-electron chi connectivity index (χ4n) is 5.27. The molecular formula is C27H38O3. The lowest BCUT2D eigenvalue weighted by Crippen LogP contribution is -2.26. The van der Waals surface area contributed by atoms with E-state index in [1.807, 2.05) is 0 Å². The van der Waals surface area contributed by atoms with Crippen LogP contribution in [-0.2, 0) is 11.2 Å². The number of ether oxygens (including phenoxy) is 3. The van der Waals surface area contributed by atoms with E-state index in [0.29, 0.717) is 24.7 Å². The lowest BCUT2D eigenvalue weighted by Gasteiger charge is -2.37. The third kappa shape index (κ3) is 4.94. The Labute approximate surface area is 182 Å². The zero-order valence-electron chi connectivity index (χ0n) is 18.9. The summed E-state index contributed by atoms with van der Waals surface area (Å²) in [7, 11) is 0. The molecule has 0 N–H and O–H groups in total. The number of rotatable bonds is 8. The lowest BCUT2D eigenvalue weighted by molar-refractivity contribution is -0.0503. The molecule has 164 valence electrons. The van der Waals surface area contributed by atoms with Gasteiger partial charge in [0.1, 0.15) is 17.3 Å². The molecule has 0 radical (unpaired) electrons. The van der Waals surface area contributed by atoms with Crippen LogP contribution in [0.3, 0.4) is 0 Å². The molecule has 3 aliphatic rings. The zero-order valence-corrected chi connectivity index (χ0v) is 18.9. The Morgan fingerprint density at radius 2 is 1.93 bits per heavy atom. The SMILES string of the molecule is C=C1Oc2cc(CCCCC)cc(OCOC3CCCCC3)c2[C@@H]2C=C(C)CC[C@@H]12. The Morgan fingerprint density at radius 1 is 1.10 bits per heavy atom. The quantitative estimate of drug-likeness (QED) is 0.253. The van der Waals surface area contributed by atoms with Gasteiger partial charge >= 0.3 is 0 Å². The van der Waals surface area contributed by atoms with E-state index in [-0.39, 0.29) is 0 Å². The Balaban J connectivity index is 1.58. The highest BCUT2D eigenvalue weighted by Crippen LogP contribution is 2.51. The molecule has 1 heterocycles. The van der Waals surface area contributed by atoms with Gasteiger partial charge in [-0.2, -0.15) is 0 Å². The number of benzene rings is 1. The maximum atomic E-state index is 6.31. The topological polar surface area (TPSA) is 27.7 Å². The highest BCUT2D eigenvalue weighted by molar-refractivity contribution is 5.55. The van der Waals surface area contributed by atoms with Crippen LogP contribution in [0.5, 0.6) is 11.5 Å². The Bertz CT molecular complexity index is 773. The third-order valence-corrected chi connectivity index (χ3v) is 7.04. The van der Waals surface area contributed by atoms with Crippen molar-refractivity contribution in [3.05, 3.63) is 47.2 Å². The van der Waals surface area contributed by atoms with Crippen molar-refractivity contribution in [1.29, 1.82) is 0 Å². The zero-order chi connectivity index (χ0) is 20.9. The van der Waals surface area contributed by atoms with Crippen LogP contribution in [0.25, 0.3) is 0 Å². The molecule has 1 aliphatic heterocycles. The minimum absolute atomic E-state index is 0.296. The van der Waals surface area contributed by atoms with Crippen LogP contribution in [0.4, 0.5) is 0 Å². The molecule has 4 rings (SSSR count). The minimum atomic E-state index is 0.296. The maximum Gasteiger partial charge on any atom is 0.189 e. The Morgan fingerprint density at radius 3 is 2.73 bits per heavy atom. The van der Waals surface area contributed by atoms with Crippen LogP contribution in [0.15, 0.2) is 36.1 Å². The van der Waals surface area contributed by atoms with Gasteiger partial charge in [0.05, 0.1) is 6.10 Å².